The molecule has 3 atom stereocenters. The van der Waals surface area contributed by atoms with Crippen LogP contribution in [0.1, 0.15) is 63.5 Å². The van der Waals surface area contributed by atoms with Crippen molar-refractivity contribution in [1.29, 1.82) is 0 Å². The number of aromatic nitrogens is 3. The highest BCUT2D eigenvalue weighted by atomic mass is 16.5. The van der Waals surface area contributed by atoms with Crippen molar-refractivity contribution < 1.29 is 19.4 Å². The molecule has 3 heterocycles. The smallest absolute Gasteiger partial charge is 0.311 e. The third-order valence-electron chi connectivity index (χ3n) is 8.80. The van der Waals surface area contributed by atoms with Crippen molar-refractivity contribution in [2.45, 2.75) is 84.5 Å². The van der Waals surface area contributed by atoms with Crippen molar-refractivity contribution in [3.63, 3.8) is 0 Å². The quantitative estimate of drug-likeness (QED) is 0.395. The molecule has 0 unspecified atom stereocenters. The lowest BCUT2D eigenvalue weighted by Crippen LogP contribution is -2.39. The van der Waals surface area contributed by atoms with Crippen molar-refractivity contribution in [3.05, 3.63) is 51.9 Å². The first-order valence-corrected chi connectivity index (χ1v) is 14.9. The molecule has 0 radical (unpaired) electrons. The molecule has 1 aliphatic carbocycles. The molecule has 2 aromatic heterocycles. The number of nitrogens with zero attached hydrogens (tertiary/aromatic N) is 4. The lowest BCUT2D eigenvalue weighted by atomic mass is 9.93. The number of rotatable bonds is 9. The molecule has 1 amide bonds. The number of hydrogen-bond donors (Lipinski definition) is 1. The Bertz CT molecular complexity index is 1460. The maximum Gasteiger partial charge on any atom is 0.311 e. The number of hydrogen-bond acceptors (Lipinski definition) is 6. The Balaban J connectivity index is 1.44. The number of benzene rings is 1. The van der Waals surface area contributed by atoms with Crippen LogP contribution in [0.3, 0.4) is 0 Å². The number of aryl methyl sites for hydroxylation is 3. The molecule has 41 heavy (non-hydrogen) atoms. The fourth-order valence-corrected chi connectivity index (χ4v) is 6.11. The summed E-state index contributed by atoms with van der Waals surface area (Å²) in [7, 11) is 1.75. The number of piperidine rings is 1. The topological polar surface area (TPSA) is 107 Å². The molecule has 0 spiro atoms. The fraction of sp³-hybridized carbons (Fsp3) is 0.562. The van der Waals surface area contributed by atoms with Gasteiger partial charge in [0.15, 0.2) is 0 Å². The summed E-state index contributed by atoms with van der Waals surface area (Å²) < 4.78 is 9.41. The summed E-state index contributed by atoms with van der Waals surface area (Å²) in [4.78, 5) is 44.2. The van der Waals surface area contributed by atoms with E-state index in [9.17, 15) is 19.5 Å². The summed E-state index contributed by atoms with van der Waals surface area (Å²) in [5, 5.41) is 10.3. The molecule has 1 aromatic carbocycles. The normalized spacial score (nSPS) is 19.1. The molecule has 9 heteroatoms. The molecule has 3 aromatic rings. The second-order valence-corrected chi connectivity index (χ2v) is 12.0. The van der Waals surface area contributed by atoms with E-state index in [4.69, 9.17) is 9.72 Å². The van der Waals surface area contributed by atoms with E-state index in [0.29, 0.717) is 30.9 Å². The Morgan fingerprint density at radius 3 is 2.61 bits per heavy atom. The van der Waals surface area contributed by atoms with Crippen LogP contribution in [-0.2, 0) is 34.3 Å². The summed E-state index contributed by atoms with van der Waals surface area (Å²) in [6.45, 7) is 7.33. The second-order valence-electron chi connectivity index (χ2n) is 12.0. The Morgan fingerprint density at radius 2 is 1.95 bits per heavy atom. The van der Waals surface area contributed by atoms with Crippen LogP contribution in [0.5, 0.6) is 0 Å². The number of amides is 1. The average molecular weight is 563 g/mol. The van der Waals surface area contributed by atoms with Gasteiger partial charge < -0.3 is 23.9 Å². The zero-order chi connectivity index (χ0) is 29.3. The highest BCUT2D eigenvalue weighted by molar-refractivity contribution is 5.81. The first kappa shape index (κ1) is 29.0. The number of esters is 1. The van der Waals surface area contributed by atoms with Crippen LogP contribution >= 0.6 is 0 Å². The Hall–Kier alpha value is -3.46. The number of pyridine rings is 1. The fourth-order valence-electron chi connectivity index (χ4n) is 6.11. The molecule has 1 aliphatic heterocycles. The first-order valence-electron chi connectivity index (χ1n) is 14.9. The van der Waals surface area contributed by atoms with E-state index < -0.39 is 12.0 Å². The van der Waals surface area contributed by atoms with Crippen molar-refractivity contribution in [2.75, 3.05) is 13.1 Å². The predicted octanol–water partition coefficient (Wildman–Crippen LogP) is 3.99. The molecule has 2 aliphatic rings. The lowest BCUT2D eigenvalue weighted by molar-refractivity contribution is -0.162. The van der Waals surface area contributed by atoms with Gasteiger partial charge in [0.1, 0.15) is 11.9 Å². The Labute approximate surface area is 241 Å². The minimum absolute atomic E-state index is 0.00436. The van der Waals surface area contributed by atoms with Gasteiger partial charge in [-0.1, -0.05) is 6.07 Å². The van der Waals surface area contributed by atoms with E-state index in [2.05, 4.69) is 22.8 Å². The molecule has 220 valence electrons. The lowest BCUT2D eigenvalue weighted by Gasteiger charge is -2.32. The summed E-state index contributed by atoms with van der Waals surface area (Å²) in [6, 6.07) is 8.09. The molecular formula is C32H42N4O5. The third kappa shape index (κ3) is 6.40. The number of imidazole rings is 1. The summed E-state index contributed by atoms with van der Waals surface area (Å²) >= 11 is 0. The van der Waals surface area contributed by atoms with E-state index in [1.54, 1.807) is 25.5 Å². The van der Waals surface area contributed by atoms with E-state index in [1.807, 2.05) is 24.1 Å². The van der Waals surface area contributed by atoms with Crippen molar-refractivity contribution in [2.24, 2.45) is 18.9 Å². The van der Waals surface area contributed by atoms with E-state index in [-0.39, 0.29) is 23.5 Å². The summed E-state index contributed by atoms with van der Waals surface area (Å²) in [6.07, 6.45) is 7.05. The number of carbonyl (C=O) groups excluding carboxylic acids is 2. The molecule has 1 saturated carbocycles. The van der Waals surface area contributed by atoms with Gasteiger partial charge in [-0.2, -0.15) is 0 Å². The van der Waals surface area contributed by atoms with Crippen LogP contribution in [0.15, 0.2) is 35.3 Å². The van der Waals surface area contributed by atoms with Gasteiger partial charge >= 0.3 is 5.97 Å². The zero-order valence-corrected chi connectivity index (χ0v) is 24.6. The van der Waals surface area contributed by atoms with Crippen LogP contribution in [0.4, 0.5) is 0 Å². The average Bonchev–Trinajstić information content (AvgIpc) is 3.26. The minimum atomic E-state index is -0.782. The van der Waals surface area contributed by atoms with Crippen LogP contribution < -0.4 is 5.56 Å². The van der Waals surface area contributed by atoms with Crippen LogP contribution in [0, 0.1) is 18.8 Å². The van der Waals surface area contributed by atoms with Gasteiger partial charge in [-0.25, -0.2) is 4.98 Å². The largest absolute Gasteiger partial charge is 0.462 e. The van der Waals surface area contributed by atoms with E-state index >= 15 is 0 Å². The van der Waals surface area contributed by atoms with Crippen molar-refractivity contribution in [1.82, 2.24) is 19.0 Å². The van der Waals surface area contributed by atoms with E-state index in [0.717, 1.165) is 73.2 Å². The van der Waals surface area contributed by atoms with Crippen molar-refractivity contribution >= 4 is 22.9 Å². The molecule has 1 saturated heterocycles. The third-order valence-corrected chi connectivity index (χ3v) is 8.80. The Morgan fingerprint density at radius 1 is 1.17 bits per heavy atom. The standard InChI is InChI=1S/C32H42N4O5/c1-20-15-25(19-34(4)31(20)39)30-33-28-16-23(10-12-27(21(2)37)32(40)41-26-8-5-9-26)11-13-29(28)36(30)18-24-7-6-14-35(17-24)22(3)38/h11,13,15-16,19,21,24,26-27,37H,5-10,12,14,17-18H2,1-4H3/t21-,24-,27+/m1/s1. The number of likely N-dealkylation sites (tertiary alicyclic amines) is 1. The Kier molecular flexibility index (Phi) is 8.63. The zero-order valence-electron chi connectivity index (χ0n) is 24.6. The maximum absolute atomic E-state index is 12.7. The minimum Gasteiger partial charge on any atom is -0.462 e. The van der Waals surface area contributed by atoms with Gasteiger partial charge in [0.2, 0.25) is 5.91 Å². The SMILES string of the molecule is CC(=O)N1CCC[C@@H](Cn2c(-c3cc(C)c(=O)n(C)c3)nc3cc(CC[C@H](C(=O)OC4CCC4)[C@@H](C)O)ccc32)C1. The predicted molar refractivity (Wildman–Crippen MR) is 157 cm³/mol. The first-order chi connectivity index (χ1) is 19.6. The highest BCUT2D eigenvalue weighted by Gasteiger charge is 2.30. The maximum atomic E-state index is 12.7. The van der Waals surface area contributed by atoms with Gasteiger partial charge in [0.25, 0.3) is 5.56 Å². The van der Waals surface area contributed by atoms with Gasteiger partial charge in [0.05, 0.1) is 23.1 Å². The van der Waals surface area contributed by atoms with E-state index in [1.165, 1.54) is 0 Å². The number of ether oxygens (including phenoxy) is 1. The number of carbonyl (C=O) groups is 2. The van der Waals surface area contributed by atoms with Gasteiger partial charge in [-0.3, -0.25) is 14.4 Å². The van der Waals surface area contributed by atoms with Crippen LogP contribution in [0.2, 0.25) is 0 Å². The number of fused-ring (bicyclic) bond motifs is 1. The molecule has 9 nitrogen and oxygen atoms in total. The van der Waals surface area contributed by atoms with Crippen molar-refractivity contribution in [3.8, 4) is 11.4 Å². The van der Waals surface area contributed by atoms with Gasteiger partial charge in [-0.15, -0.1) is 0 Å². The molecular weight excluding hydrogens is 520 g/mol. The summed E-state index contributed by atoms with van der Waals surface area (Å²) in [5.74, 6) is 0.320. The van der Waals surface area contributed by atoms with Crippen LogP contribution in [-0.4, -0.2) is 61.3 Å². The monoisotopic (exact) mass is 562 g/mol. The second kappa shape index (κ2) is 12.2. The number of aliphatic hydroxyl groups excluding tert-OH is 1. The molecule has 5 rings (SSSR count). The molecule has 1 N–H and O–H groups in total. The number of aliphatic hydroxyl groups is 1. The molecule has 2 fully saturated rings. The van der Waals surface area contributed by atoms with Crippen LogP contribution in [0.25, 0.3) is 22.4 Å². The summed E-state index contributed by atoms with van der Waals surface area (Å²) in [5.41, 5.74) is 4.36. The van der Waals surface area contributed by atoms with Gasteiger partial charge in [-0.05, 0) is 88.5 Å². The van der Waals surface area contributed by atoms with Gasteiger partial charge in [0, 0.05) is 50.9 Å². The molecule has 0 bridgehead atoms. The highest BCUT2D eigenvalue weighted by Crippen LogP contribution is 2.30.